The molecule has 0 aliphatic carbocycles. The van der Waals surface area contributed by atoms with Crippen LogP contribution in [-0.2, 0) is 14.8 Å². The van der Waals surface area contributed by atoms with E-state index in [1.807, 2.05) is 24.3 Å². The molecule has 4 aromatic rings. The molecule has 3 N–H and O–H groups in total. The average molecular weight is 646 g/mol. The third kappa shape index (κ3) is 5.44. The fourth-order valence-corrected chi connectivity index (χ4v) is 8.69. The first-order valence-corrected chi connectivity index (χ1v) is 15.5. The van der Waals surface area contributed by atoms with Crippen molar-refractivity contribution in [3.8, 4) is 16.2 Å². The highest BCUT2D eigenvalue weighted by Gasteiger charge is 2.34. The van der Waals surface area contributed by atoms with E-state index in [0.717, 1.165) is 16.7 Å². The van der Waals surface area contributed by atoms with Crippen LogP contribution >= 0.6 is 27.3 Å². The van der Waals surface area contributed by atoms with E-state index >= 15 is 0 Å². The zero-order valence-corrected chi connectivity index (χ0v) is 24.3. The molecule has 0 spiro atoms. The highest BCUT2D eigenvalue weighted by molar-refractivity contribution is 9.10. The summed E-state index contributed by atoms with van der Waals surface area (Å²) in [5.41, 5.74) is 1.01. The summed E-state index contributed by atoms with van der Waals surface area (Å²) in [6.07, 6.45) is 1.24. The van der Waals surface area contributed by atoms with Gasteiger partial charge in [-0.05, 0) is 71.0 Å². The van der Waals surface area contributed by atoms with Crippen molar-refractivity contribution in [3.63, 3.8) is 0 Å². The van der Waals surface area contributed by atoms with Gasteiger partial charge in [-0.1, -0.05) is 48.5 Å². The van der Waals surface area contributed by atoms with Crippen molar-refractivity contribution in [2.75, 3.05) is 24.0 Å². The van der Waals surface area contributed by atoms with Crippen LogP contribution in [0.3, 0.4) is 0 Å². The molecule has 0 bridgehead atoms. The van der Waals surface area contributed by atoms with Crippen LogP contribution in [-0.4, -0.2) is 56.3 Å². The molecule has 2 heterocycles. The third-order valence-electron chi connectivity index (χ3n) is 6.63. The molecule has 0 radical (unpaired) electrons. The lowest BCUT2D eigenvalue weighted by molar-refractivity contribution is -0.139. The summed E-state index contributed by atoms with van der Waals surface area (Å²) in [5.74, 6) is -2.59. The van der Waals surface area contributed by atoms with Gasteiger partial charge in [0.2, 0.25) is 0 Å². The molecule has 0 saturated carbocycles. The minimum Gasteiger partial charge on any atom is -0.479 e. The number of carboxylic acids is 2. The summed E-state index contributed by atoms with van der Waals surface area (Å²) in [5, 5.41) is 23.5. The number of thiophene rings is 1. The molecule has 40 heavy (non-hydrogen) atoms. The van der Waals surface area contributed by atoms with Crippen LogP contribution in [0.15, 0.2) is 76.1 Å². The molecule has 1 aliphatic heterocycles. The molecular weight excluding hydrogens is 620 g/mol. The molecule has 3 aromatic carbocycles. The minimum absolute atomic E-state index is 0.0844. The Balaban J connectivity index is 1.64. The number of ether oxygens (including phenoxy) is 1. The van der Waals surface area contributed by atoms with Gasteiger partial charge in [0.15, 0.2) is 17.2 Å². The Morgan fingerprint density at radius 1 is 1.02 bits per heavy atom. The van der Waals surface area contributed by atoms with Gasteiger partial charge < -0.3 is 20.3 Å². The van der Waals surface area contributed by atoms with E-state index in [4.69, 9.17) is 9.84 Å². The van der Waals surface area contributed by atoms with Gasteiger partial charge in [-0.3, -0.25) is 4.31 Å². The number of nitrogens with zero attached hydrogens (tertiary/aromatic N) is 1. The lowest BCUT2D eigenvalue weighted by atomic mass is 10.1. The van der Waals surface area contributed by atoms with Gasteiger partial charge in [0.25, 0.3) is 10.0 Å². The number of hydrogen-bond acceptors (Lipinski definition) is 7. The van der Waals surface area contributed by atoms with Crippen molar-refractivity contribution in [2.24, 2.45) is 0 Å². The quantitative estimate of drug-likeness (QED) is 0.219. The van der Waals surface area contributed by atoms with Gasteiger partial charge >= 0.3 is 11.9 Å². The molecular formula is C28H25BrN2O7S2. The van der Waals surface area contributed by atoms with Gasteiger partial charge in [-0.2, -0.15) is 0 Å². The second-order valence-electron chi connectivity index (χ2n) is 9.20. The van der Waals surface area contributed by atoms with Crippen molar-refractivity contribution in [2.45, 2.75) is 23.8 Å². The van der Waals surface area contributed by atoms with Crippen molar-refractivity contribution < 1.29 is 33.0 Å². The first-order chi connectivity index (χ1) is 19.2. The van der Waals surface area contributed by atoms with Gasteiger partial charge in [-0.25, -0.2) is 18.0 Å². The number of halogens is 1. The number of rotatable bonds is 9. The van der Waals surface area contributed by atoms with Crippen LogP contribution in [0.2, 0.25) is 0 Å². The first-order valence-electron chi connectivity index (χ1n) is 12.4. The maximum absolute atomic E-state index is 14.4. The van der Waals surface area contributed by atoms with E-state index in [2.05, 4.69) is 21.2 Å². The Labute approximate surface area is 243 Å². The van der Waals surface area contributed by atoms with E-state index in [1.54, 1.807) is 42.5 Å². The Bertz CT molecular complexity index is 1690. The van der Waals surface area contributed by atoms with Crippen molar-refractivity contribution >= 4 is 65.7 Å². The lowest BCUT2D eigenvalue weighted by Crippen LogP contribution is -2.46. The molecule has 12 heteroatoms. The number of hydrogen-bond donors (Lipinski definition) is 3. The standard InChI is InChI=1S/C28H25BrN2O7S2/c29-24-25(38-16-23(32)33)27(28(34)35)39-26(24)18-7-3-8-20(15-18)31(19-11-13-30-14-12-19)40(36,37)22-10-4-6-17-5-1-2-9-21(17)22/h1-10,15,19,30H,11-14,16H2,(H,32,33)(H,34,35). The van der Waals surface area contributed by atoms with Crippen molar-refractivity contribution in [1.82, 2.24) is 5.32 Å². The second kappa shape index (κ2) is 11.6. The fourth-order valence-electron chi connectivity index (χ4n) is 4.88. The zero-order chi connectivity index (χ0) is 28.4. The van der Waals surface area contributed by atoms with Crippen LogP contribution in [0.25, 0.3) is 21.2 Å². The Morgan fingerprint density at radius 2 is 1.73 bits per heavy atom. The molecule has 5 rings (SSSR count). The number of sulfonamides is 1. The number of anilines is 1. The fraction of sp³-hybridized carbons (Fsp3) is 0.214. The smallest absolute Gasteiger partial charge is 0.349 e. The molecule has 0 atom stereocenters. The molecule has 0 unspecified atom stereocenters. The van der Waals surface area contributed by atoms with E-state index in [1.165, 1.54) is 4.31 Å². The average Bonchev–Trinajstić information content (AvgIpc) is 3.28. The number of fused-ring (bicyclic) bond motifs is 1. The zero-order valence-electron chi connectivity index (χ0n) is 21.0. The summed E-state index contributed by atoms with van der Waals surface area (Å²) in [4.78, 5) is 23.5. The van der Waals surface area contributed by atoms with Crippen LogP contribution in [0.5, 0.6) is 5.75 Å². The molecule has 1 aliphatic rings. The number of aromatic carboxylic acids is 1. The SMILES string of the molecule is O=C(O)COc1c(C(=O)O)sc(-c2cccc(N(C3CCNCC3)S(=O)(=O)c3cccc4ccccc34)c2)c1Br. The molecule has 1 fully saturated rings. The second-order valence-corrected chi connectivity index (χ2v) is 12.8. The first kappa shape index (κ1) is 28.1. The van der Waals surface area contributed by atoms with Crippen LogP contribution in [0.4, 0.5) is 5.69 Å². The maximum Gasteiger partial charge on any atom is 0.349 e. The summed E-state index contributed by atoms with van der Waals surface area (Å²) in [6.45, 7) is 0.644. The van der Waals surface area contributed by atoms with E-state index in [9.17, 15) is 23.1 Å². The topological polar surface area (TPSA) is 133 Å². The number of nitrogens with one attached hydrogen (secondary N) is 1. The van der Waals surface area contributed by atoms with Gasteiger partial charge in [0.1, 0.15) is 0 Å². The van der Waals surface area contributed by atoms with E-state index < -0.39 is 28.6 Å². The molecule has 208 valence electrons. The summed E-state index contributed by atoms with van der Waals surface area (Å²) in [6, 6.07) is 19.2. The van der Waals surface area contributed by atoms with Crippen LogP contribution < -0.4 is 14.4 Å². The monoisotopic (exact) mass is 644 g/mol. The highest BCUT2D eigenvalue weighted by Crippen LogP contribution is 2.46. The van der Waals surface area contributed by atoms with Crippen LogP contribution in [0, 0.1) is 0 Å². The van der Waals surface area contributed by atoms with Crippen molar-refractivity contribution in [3.05, 3.63) is 76.1 Å². The number of aliphatic carboxylic acids is 1. The Morgan fingerprint density at radius 3 is 2.45 bits per heavy atom. The van der Waals surface area contributed by atoms with Crippen molar-refractivity contribution in [1.29, 1.82) is 0 Å². The molecule has 1 aromatic heterocycles. The van der Waals surface area contributed by atoms with Gasteiger partial charge in [0.05, 0.1) is 19.9 Å². The predicted molar refractivity (Wildman–Crippen MR) is 157 cm³/mol. The number of piperidine rings is 1. The summed E-state index contributed by atoms with van der Waals surface area (Å²) >= 11 is 4.31. The van der Waals surface area contributed by atoms with Gasteiger partial charge in [-0.15, -0.1) is 11.3 Å². The largest absolute Gasteiger partial charge is 0.479 e. The summed E-state index contributed by atoms with van der Waals surface area (Å²) in [7, 11) is -4.01. The Kier molecular flexibility index (Phi) is 8.13. The number of carboxylic acid groups (broad SMARTS) is 2. The van der Waals surface area contributed by atoms with Crippen LogP contribution in [0.1, 0.15) is 22.5 Å². The molecule has 1 saturated heterocycles. The Hall–Kier alpha value is -3.45. The van der Waals surface area contributed by atoms with E-state index in [-0.39, 0.29) is 21.6 Å². The maximum atomic E-state index is 14.4. The molecule has 0 amide bonds. The lowest BCUT2D eigenvalue weighted by Gasteiger charge is -2.36. The third-order valence-corrected chi connectivity index (χ3v) is 10.8. The normalized spacial score (nSPS) is 14.2. The highest BCUT2D eigenvalue weighted by atomic mass is 79.9. The number of benzene rings is 3. The minimum atomic E-state index is -4.01. The predicted octanol–water partition coefficient (Wildman–Crippen LogP) is 5.44. The molecule has 9 nitrogen and oxygen atoms in total. The van der Waals surface area contributed by atoms with Gasteiger partial charge in [0, 0.05) is 11.4 Å². The number of carbonyl (C=O) groups is 2. The summed E-state index contributed by atoms with van der Waals surface area (Å²) < 4.78 is 35.9. The van der Waals surface area contributed by atoms with E-state index in [0.29, 0.717) is 51.9 Å².